The van der Waals surface area contributed by atoms with Gasteiger partial charge in [-0.3, -0.25) is 9.59 Å². The van der Waals surface area contributed by atoms with Crippen molar-refractivity contribution in [2.24, 2.45) is 5.92 Å². The molecule has 0 unspecified atom stereocenters. The van der Waals surface area contributed by atoms with Gasteiger partial charge in [0.25, 0.3) is 11.8 Å². The lowest BCUT2D eigenvalue weighted by atomic mass is 9.50. The van der Waals surface area contributed by atoms with Gasteiger partial charge in [-0.15, -0.1) is 0 Å². The van der Waals surface area contributed by atoms with Crippen LogP contribution in [-0.4, -0.2) is 24.4 Å². The minimum atomic E-state index is -0.357. The summed E-state index contributed by atoms with van der Waals surface area (Å²) < 4.78 is 19.7. The van der Waals surface area contributed by atoms with Gasteiger partial charge in [0.15, 0.2) is 0 Å². The van der Waals surface area contributed by atoms with Gasteiger partial charge in [0.05, 0.1) is 5.56 Å². The largest absolute Gasteiger partial charge is 0.455 e. The molecule has 2 bridgehead atoms. The molecule has 3 aliphatic carbocycles. The molecule has 3 saturated carbocycles. The molecule has 2 amide bonds. The van der Waals surface area contributed by atoms with Crippen molar-refractivity contribution in [3.05, 3.63) is 83.2 Å². The number of rotatable bonds is 6. The fourth-order valence-corrected chi connectivity index (χ4v) is 5.67. The average Bonchev–Trinajstić information content (AvgIpc) is 3.22. The van der Waals surface area contributed by atoms with E-state index < -0.39 is 0 Å². The molecule has 2 N–H and O–H groups in total. The van der Waals surface area contributed by atoms with Crippen molar-refractivity contribution in [2.45, 2.75) is 38.1 Å². The third kappa shape index (κ3) is 3.60. The summed E-state index contributed by atoms with van der Waals surface area (Å²) in [6.45, 7) is 2.06. The number of nitrogens with one attached hydrogen (secondary N) is 2. The Labute approximate surface area is 208 Å². The Bertz CT molecular complexity index is 1500. The number of carbonyl (C=O) groups is 2. The number of hydrogen-bond acceptors (Lipinski definition) is 3. The maximum Gasteiger partial charge on any atom is 0.255 e. The van der Waals surface area contributed by atoms with E-state index in [0.717, 1.165) is 48.3 Å². The van der Waals surface area contributed by atoms with Crippen molar-refractivity contribution in [3.8, 4) is 22.5 Å². The van der Waals surface area contributed by atoms with Gasteiger partial charge < -0.3 is 15.1 Å². The molecular weight excluding hydrogens is 455 g/mol. The maximum absolute atomic E-state index is 13.5. The molecule has 4 aromatic rings. The third-order valence-corrected chi connectivity index (χ3v) is 7.71. The normalized spacial score (nSPS) is 19.9. The molecule has 3 aliphatic rings. The van der Waals surface area contributed by atoms with Gasteiger partial charge in [-0.2, -0.15) is 0 Å². The Balaban J connectivity index is 1.45. The van der Waals surface area contributed by atoms with Crippen molar-refractivity contribution in [2.75, 3.05) is 7.05 Å². The fourth-order valence-electron chi connectivity index (χ4n) is 5.67. The number of benzene rings is 3. The van der Waals surface area contributed by atoms with Crippen LogP contribution in [-0.2, 0) is 6.42 Å². The lowest BCUT2D eigenvalue weighted by Gasteiger charge is -2.61. The fraction of sp³-hybridized carbons (Fsp3) is 0.267. The molecule has 0 radical (unpaired) electrons. The highest BCUT2D eigenvalue weighted by atomic mass is 19.1. The topological polar surface area (TPSA) is 71.3 Å². The first-order chi connectivity index (χ1) is 17.4. The molecule has 36 heavy (non-hydrogen) atoms. The molecule has 0 aliphatic heterocycles. The summed E-state index contributed by atoms with van der Waals surface area (Å²) in [6, 6.07) is 17.5. The summed E-state index contributed by atoms with van der Waals surface area (Å²) in [5.41, 5.74) is 5.16. The Hall–Kier alpha value is -3.93. The minimum Gasteiger partial charge on any atom is -0.455 e. The van der Waals surface area contributed by atoms with Gasteiger partial charge in [-0.1, -0.05) is 19.1 Å². The Morgan fingerprint density at radius 2 is 1.75 bits per heavy atom. The summed E-state index contributed by atoms with van der Waals surface area (Å²) in [6.07, 6.45) is 4.02. The molecule has 6 heteroatoms. The summed E-state index contributed by atoms with van der Waals surface area (Å²) in [7, 11) is 1.57. The van der Waals surface area contributed by atoms with E-state index >= 15 is 0 Å². The van der Waals surface area contributed by atoms with Crippen LogP contribution in [0.1, 0.15) is 52.5 Å². The second-order valence-corrected chi connectivity index (χ2v) is 10.0. The minimum absolute atomic E-state index is 0.0151. The van der Waals surface area contributed by atoms with Crippen molar-refractivity contribution >= 4 is 22.8 Å². The van der Waals surface area contributed by atoms with Gasteiger partial charge in [-0.25, -0.2) is 4.39 Å². The average molecular weight is 483 g/mol. The van der Waals surface area contributed by atoms with Gasteiger partial charge in [0.2, 0.25) is 0 Å². The monoisotopic (exact) mass is 482 g/mol. The van der Waals surface area contributed by atoms with Crippen molar-refractivity contribution in [1.82, 2.24) is 10.6 Å². The van der Waals surface area contributed by atoms with E-state index in [1.807, 2.05) is 36.4 Å². The van der Waals surface area contributed by atoms with Crippen LogP contribution in [0.5, 0.6) is 0 Å². The van der Waals surface area contributed by atoms with E-state index in [1.165, 1.54) is 12.1 Å². The molecule has 3 aromatic carbocycles. The zero-order valence-corrected chi connectivity index (χ0v) is 20.3. The predicted molar refractivity (Wildman–Crippen MR) is 137 cm³/mol. The van der Waals surface area contributed by atoms with Crippen molar-refractivity contribution in [3.63, 3.8) is 0 Å². The third-order valence-electron chi connectivity index (χ3n) is 7.71. The highest BCUT2D eigenvalue weighted by Crippen LogP contribution is 2.57. The Morgan fingerprint density at radius 3 is 2.39 bits per heavy atom. The van der Waals surface area contributed by atoms with Gasteiger partial charge in [0.1, 0.15) is 17.2 Å². The lowest BCUT2D eigenvalue weighted by molar-refractivity contribution is -0.0438. The summed E-state index contributed by atoms with van der Waals surface area (Å²) in [4.78, 5) is 26.0. The van der Waals surface area contributed by atoms with E-state index in [-0.39, 0.29) is 23.2 Å². The van der Waals surface area contributed by atoms with Crippen LogP contribution >= 0.6 is 0 Å². The summed E-state index contributed by atoms with van der Waals surface area (Å²) in [5, 5.41) is 6.61. The number of halogens is 1. The summed E-state index contributed by atoms with van der Waals surface area (Å²) in [5.74, 6) is 0.511. The summed E-state index contributed by atoms with van der Waals surface area (Å²) >= 11 is 0. The van der Waals surface area contributed by atoms with E-state index in [0.29, 0.717) is 33.4 Å². The van der Waals surface area contributed by atoms with Crippen LogP contribution in [0.25, 0.3) is 33.4 Å². The molecule has 5 nitrogen and oxygen atoms in total. The molecule has 0 saturated heterocycles. The zero-order valence-electron chi connectivity index (χ0n) is 20.3. The van der Waals surface area contributed by atoms with Crippen LogP contribution in [0.2, 0.25) is 0 Å². The van der Waals surface area contributed by atoms with Crippen LogP contribution in [0.3, 0.4) is 0 Å². The molecule has 1 heterocycles. The van der Waals surface area contributed by atoms with Gasteiger partial charge in [-0.05, 0) is 96.8 Å². The second-order valence-electron chi connectivity index (χ2n) is 10.0. The molecule has 0 spiro atoms. The molecule has 3 fully saturated rings. The van der Waals surface area contributed by atoms with Crippen LogP contribution < -0.4 is 10.6 Å². The van der Waals surface area contributed by atoms with Crippen molar-refractivity contribution < 1.29 is 18.4 Å². The SMILES string of the molecule is CCc1cc2oc(-c3ccc(F)cc3)c(C(=O)NC)c2cc1-c1cccc(C(=O)NC23CC(C2)C3)c1. The number of furan rings is 1. The van der Waals surface area contributed by atoms with Gasteiger partial charge in [0, 0.05) is 29.1 Å². The highest BCUT2D eigenvalue weighted by Gasteiger charge is 2.57. The smallest absolute Gasteiger partial charge is 0.255 e. The zero-order chi connectivity index (χ0) is 25.0. The van der Waals surface area contributed by atoms with E-state index in [4.69, 9.17) is 4.42 Å². The van der Waals surface area contributed by atoms with E-state index in [9.17, 15) is 14.0 Å². The van der Waals surface area contributed by atoms with Crippen LogP contribution in [0, 0.1) is 11.7 Å². The quantitative estimate of drug-likeness (QED) is 0.348. The van der Waals surface area contributed by atoms with Crippen LogP contribution in [0.4, 0.5) is 4.39 Å². The standard InChI is InChI=1S/C30H27FN2O3/c1-3-18-12-25-24(26(29(35)32-2)27(36-25)19-7-9-22(31)10-8-19)13-23(18)20-5-4-6-21(11-20)28(34)33-30-14-17(15-30)16-30/h4-13,17H,3,14-16H2,1-2H3,(H,32,35)(H,33,34). The second kappa shape index (κ2) is 8.33. The molecule has 7 rings (SSSR count). The van der Waals surface area contributed by atoms with E-state index in [2.05, 4.69) is 17.6 Å². The number of hydrogen-bond donors (Lipinski definition) is 2. The number of aryl methyl sites for hydroxylation is 1. The molecule has 1 aromatic heterocycles. The molecular formula is C30H27FN2O3. The van der Waals surface area contributed by atoms with E-state index in [1.54, 1.807) is 19.2 Å². The lowest BCUT2D eigenvalue weighted by Crippen LogP contribution is -2.68. The maximum atomic E-state index is 13.5. The van der Waals surface area contributed by atoms with Crippen molar-refractivity contribution in [1.29, 1.82) is 0 Å². The number of amides is 2. The Kier molecular flexibility index (Phi) is 5.21. The highest BCUT2D eigenvalue weighted by molar-refractivity contribution is 6.12. The number of fused-ring (bicyclic) bond motifs is 1. The molecule has 182 valence electrons. The Morgan fingerprint density at radius 1 is 1.00 bits per heavy atom. The first kappa shape index (κ1) is 22.5. The first-order valence-corrected chi connectivity index (χ1v) is 12.4. The predicted octanol–water partition coefficient (Wildman–Crippen LogP) is 6.11. The molecule has 0 atom stereocenters. The first-order valence-electron chi connectivity index (χ1n) is 12.4. The number of carbonyl (C=O) groups excluding carboxylic acids is 2. The van der Waals surface area contributed by atoms with Gasteiger partial charge >= 0.3 is 0 Å². The van der Waals surface area contributed by atoms with Crippen LogP contribution in [0.15, 0.2) is 65.1 Å².